The van der Waals surface area contributed by atoms with E-state index in [0.29, 0.717) is 18.5 Å². The fraction of sp³-hybridized carbons (Fsp3) is 0.733. The van der Waals surface area contributed by atoms with Crippen molar-refractivity contribution in [3.05, 3.63) is 11.3 Å². The molecule has 1 aliphatic rings. The molecule has 1 aliphatic heterocycles. The standard InChI is InChI=1S/C15H27N5O/c1-3-13-11(2)18-15(16)19-14(13)17-6-8-20-7-4-5-12(9-20)10-21/h12,21H,3-10H2,1-2H3,(H3,16,17,18,19)/t12-/m0/s1. The number of aliphatic hydroxyl groups is 1. The van der Waals surface area contributed by atoms with Crippen molar-refractivity contribution < 1.29 is 5.11 Å². The van der Waals surface area contributed by atoms with Gasteiger partial charge >= 0.3 is 0 Å². The lowest BCUT2D eigenvalue weighted by Crippen LogP contribution is -2.39. The normalized spacial score (nSPS) is 19.7. The average Bonchev–Trinajstić information content (AvgIpc) is 2.47. The number of nitrogen functional groups attached to an aromatic ring is 1. The zero-order chi connectivity index (χ0) is 15.2. The number of aliphatic hydroxyl groups excluding tert-OH is 1. The molecule has 0 radical (unpaired) electrons. The van der Waals surface area contributed by atoms with E-state index in [1.807, 2.05) is 6.92 Å². The number of nitrogens with zero attached hydrogens (tertiary/aromatic N) is 3. The number of anilines is 2. The van der Waals surface area contributed by atoms with E-state index in [-0.39, 0.29) is 0 Å². The van der Waals surface area contributed by atoms with Crippen LogP contribution in [0, 0.1) is 12.8 Å². The van der Waals surface area contributed by atoms with Gasteiger partial charge in [-0.15, -0.1) is 0 Å². The summed E-state index contributed by atoms with van der Waals surface area (Å²) in [6.45, 7) is 8.27. The summed E-state index contributed by atoms with van der Waals surface area (Å²) >= 11 is 0. The van der Waals surface area contributed by atoms with E-state index in [9.17, 15) is 5.11 Å². The Morgan fingerprint density at radius 2 is 2.24 bits per heavy atom. The molecule has 1 atom stereocenters. The van der Waals surface area contributed by atoms with Crippen LogP contribution < -0.4 is 11.1 Å². The number of nitrogens with two attached hydrogens (primary N) is 1. The summed E-state index contributed by atoms with van der Waals surface area (Å²) in [4.78, 5) is 10.9. The predicted octanol–water partition coefficient (Wildman–Crippen LogP) is 1.05. The van der Waals surface area contributed by atoms with Crippen LogP contribution in [0.1, 0.15) is 31.0 Å². The minimum atomic E-state index is 0.297. The summed E-state index contributed by atoms with van der Waals surface area (Å²) in [5.41, 5.74) is 7.82. The van der Waals surface area contributed by atoms with Crippen molar-refractivity contribution in [2.24, 2.45) is 5.92 Å². The second kappa shape index (κ2) is 7.56. The fourth-order valence-corrected chi connectivity index (χ4v) is 3.02. The number of nitrogens with one attached hydrogen (secondary N) is 1. The van der Waals surface area contributed by atoms with Crippen molar-refractivity contribution in [2.45, 2.75) is 33.1 Å². The molecule has 0 unspecified atom stereocenters. The SMILES string of the molecule is CCc1c(C)nc(N)nc1NCCN1CCC[C@H](CO)C1. The number of piperidine rings is 1. The third kappa shape index (κ3) is 4.28. The topological polar surface area (TPSA) is 87.3 Å². The van der Waals surface area contributed by atoms with Gasteiger partial charge in [-0.3, -0.25) is 0 Å². The van der Waals surface area contributed by atoms with Gasteiger partial charge in [-0.25, -0.2) is 4.98 Å². The molecule has 6 nitrogen and oxygen atoms in total. The van der Waals surface area contributed by atoms with Crippen molar-refractivity contribution in [1.29, 1.82) is 0 Å². The van der Waals surface area contributed by atoms with Gasteiger partial charge in [0.15, 0.2) is 0 Å². The monoisotopic (exact) mass is 293 g/mol. The Kier molecular flexibility index (Phi) is 5.76. The molecule has 2 heterocycles. The van der Waals surface area contributed by atoms with Gasteiger partial charge in [0, 0.05) is 37.5 Å². The zero-order valence-electron chi connectivity index (χ0n) is 13.1. The molecule has 118 valence electrons. The first-order valence-electron chi connectivity index (χ1n) is 7.84. The minimum absolute atomic E-state index is 0.297. The molecule has 0 aromatic carbocycles. The second-order valence-electron chi connectivity index (χ2n) is 5.77. The summed E-state index contributed by atoms with van der Waals surface area (Å²) in [5, 5.41) is 12.7. The average molecular weight is 293 g/mol. The molecule has 1 aromatic heterocycles. The van der Waals surface area contributed by atoms with Crippen LogP contribution in [-0.2, 0) is 6.42 Å². The molecule has 6 heteroatoms. The highest BCUT2D eigenvalue weighted by Gasteiger charge is 2.18. The van der Waals surface area contributed by atoms with Gasteiger partial charge in [0.05, 0.1) is 0 Å². The molecule has 1 fully saturated rings. The molecule has 1 saturated heterocycles. The number of hydrogen-bond donors (Lipinski definition) is 3. The largest absolute Gasteiger partial charge is 0.396 e. The Hall–Kier alpha value is -1.40. The first kappa shape index (κ1) is 16.0. The third-order valence-corrected chi connectivity index (χ3v) is 4.17. The van der Waals surface area contributed by atoms with E-state index in [1.54, 1.807) is 0 Å². The van der Waals surface area contributed by atoms with Gasteiger partial charge in [0.25, 0.3) is 0 Å². The molecule has 1 aromatic rings. The Bertz CT molecular complexity index is 466. The molecule has 0 amide bonds. The van der Waals surface area contributed by atoms with Crippen molar-refractivity contribution in [3.63, 3.8) is 0 Å². The van der Waals surface area contributed by atoms with Gasteiger partial charge in [-0.1, -0.05) is 6.92 Å². The molecular weight excluding hydrogens is 266 g/mol. The first-order chi connectivity index (χ1) is 10.1. The number of likely N-dealkylation sites (tertiary alicyclic amines) is 1. The number of rotatable bonds is 6. The van der Waals surface area contributed by atoms with Crippen LogP contribution in [-0.4, -0.2) is 52.8 Å². The van der Waals surface area contributed by atoms with E-state index < -0.39 is 0 Å². The van der Waals surface area contributed by atoms with E-state index in [4.69, 9.17) is 5.73 Å². The minimum Gasteiger partial charge on any atom is -0.396 e. The van der Waals surface area contributed by atoms with Gasteiger partial charge in [0.1, 0.15) is 5.82 Å². The van der Waals surface area contributed by atoms with Crippen LogP contribution in [0.5, 0.6) is 0 Å². The van der Waals surface area contributed by atoms with E-state index >= 15 is 0 Å². The van der Waals surface area contributed by atoms with Gasteiger partial charge in [-0.05, 0) is 38.6 Å². The van der Waals surface area contributed by atoms with Crippen molar-refractivity contribution in [1.82, 2.24) is 14.9 Å². The van der Waals surface area contributed by atoms with Crippen LogP contribution in [0.25, 0.3) is 0 Å². The third-order valence-electron chi connectivity index (χ3n) is 4.17. The van der Waals surface area contributed by atoms with Crippen molar-refractivity contribution in [2.75, 3.05) is 43.8 Å². The molecule has 0 saturated carbocycles. The quantitative estimate of drug-likeness (QED) is 0.726. The molecule has 0 aliphatic carbocycles. The highest BCUT2D eigenvalue weighted by atomic mass is 16.3. The molecule has 0 bridgehead atoms. The van der Waals surface area contributed by atoms with Crippen molar-refractivity contribution in [3.8, 4) is 0 Å². The number of aryl methyl sites for hydroxylation is 1. The van der Waals surface area contributed by atoms with Crippen LogP contribution in [0.3, 0.4) is 0 Å². The Labute approximate surface area is 126 Å². The Morgan fingerprint density at radius 3 is 2.95 bits per heavy atom. The van der Waals surface area contributed by atoms with Crippen LogP contribution in [0.4, 0.5) is 11.8 Å². The summed E-state index contributed by atoms with van der Waals surface area (Å²) in [7, 11) is 0. The summed E-state index contributed by atoms with van der Waals surface area (Å²) in [6, 6.07) is 0. The number of hydrogen-bond acceptors (Lipinski definition) is 6. The van der Waals surface area contributed by atoms with Crippen LogP contribution >= 0.6 is 0 Å². The second-order valence-corrected chi connectivity index (χ2v) is 5.77. The van der Waals surface area contributed by atoms with E-state index in [1.165, 1.54) is 6.42 Å². The molecule has 21 heavy (non-hydrogen) atoms. The lowest BCUT2D eigenvalue weighted by atomic mass is 9.99. The molecule has 2 rings (SSSR count). The Morgan fingerprint density at radius 1 is 1.43 bits per heavy atom. The lowest BCUT2D eigenvalue weighted by Gasteiger charge is -2.31. The molecular formula is C15H27N5O. The lowest BCUT2D eigenvalue weighted by molar-refractivity contribution is 0.123. The maximum Gasteiger partial charge on any atom is 0.222 e. The van der Waals surface area contributed by atoms with Gasteiger partial charge in [0.2, 0.25) is 5.95 Å². The van der Waals surface area contributed by atoms with E-state index in [0.717, 1.165) is 56.1 Å². The van der Waals surface area contributed by atoms with E-state index in [2.05, 4.69) is 27.1 Å². The van der Waals surface area contributed by atoms with Crippen LogP contribution in [0.2, 0.25) is 0 Å². The summed E-state index contributed by atoms with van der Waals surface area (Å²) < 4.78 is 0. The fourth-order valence-electron chi connectivity index (χ4n) is 3.02. The van der Waals surface area contributed by atoms with Crippen molar-refractivity contribution >= 4 is 11.8 Å². The van der Waals surface area contributed by atoms with Gasteiger partial charge in [-0.2, -0.15) is 4.98 Å². The summed E-state index contributed by atoms with van der Waals surface area (Å²) in [5.74, 6) is 1.62. The Balaban J connectivity index is 1.88. The zero-order valence-corrected chi connectivity index (χ0v) is 13.1. The molecule has 0 spiro atoms. The van der Waals surface area contributed by atoms with Crippen LogP contribution in [0.15, 0.2) is 0 Å². The maximum absolute atomic E-state index is 9.27. The predicted molar refractivity (Wildman–Crippen MR) is 85.3 cm³/mol. The number of aromatic nitrogens is 2. The highest BCUT2D eigenvalue weighted by Crippen LogP contribution is 2.18. The van der Waals surface area contributed by atoms with Gasteiger partial charge < -0.3 is 21.1 Å². The first-order valence-corrected chi connectivity index (χ1v) is 7.84. The smallest absolute Gasteiger partial charge is 0.222 e. The highest BCUT2D eigenvalue weighted by molar-refractivity contribution is 5.49. The summed E-state index contributed by atoms with van der Waals surface area (Å²) in [6.07, 6.45) is 3.21. The maximum atomic E-state index is 9.27. The molecule has 4 N–H and O–H groups in total.